The highest BCUT2D eigenvalue weighted by molar-refractivity contribution is 6.30. The van der Waals surface area contributed by atoms with E-state index in [2.05, 4.69) is 30.3 Å². The van der Waals surface area contributed by atoms with E-state index in [1.165, 1.54) is 0 Å². The van der Waals surface area contributed by atoms with Crippen LogP contribution in [0, 0.1) is 0 Å². The lowest BCUT2D eigenvalue weighted by molar-refractivity contribution is 0.398. The van der Waals surface area contributed by atoms with Gasteiger partial charge in [0.05, 0.1) is 19.3 Å². The van der Waals surface area contributed by atoms with E-state index in [9.17, 15) is 0 Å². The molecule has 1 aromatic heterocycles. The average molecular weight is 308 g/mol. The third-order valence-electron chi connectivity index (χ3n) is 3.42. The molecule has 1 N–H and O–H groups in total. The third kappa shape index (κ3) is 3.57. The Morgan fingerprint density at radius 1 is 1.38 bits per heavy atom. The van der Waals surface area contributed by atoms with Gasteiger partial charge in [0, 0.05) is 11.6 Å². The van der Waals surface area contributed by atoms with Crippen molar-refractivity contribution in [2.24, 2.45) is 0 Å². The van der Waals surface area contributed by atoms with Crippen molar-refractivity contribution in [1.82, 2.24) is 15.1 Å². The van der Waals surface area contributed by atoms with Crippen molar-refractivity contribution >= 4 is 11.6 Å². The molecule has 2 aromatic rings. The number of halogens is 1. The van der Waals surface area contributed by atoms with Crippen LogP contribution in [0.1, 0.15) is 37.6 Å². The van der Waals surface area contributed by atoms with Gasteiger partial charge in [0.2, 0.25) is 0 Å². The molecule has 1 unspecified atom stereocenters. The highest BCUT2D eigenvalue weighted by Crippen LogP contribution is 2.31. The molecule has 21 heavy (non-hydrogen) atoms. The van der Waals surface area contributed by atoms with Crippen LogP contribution < -0.4 is 10.1 Å². The first-order valence-electron chi connectivity index (χ1n) is 7.29. The molecule has 1 heterocycles. The minimum Gasteiger partial charge on any atom is -0.493 e. The number of nitrogens with one attached hydrogen (secondary N) is 1. The molecule has 0 radical (unpaired) electrons. The van der Waals surface area contributed by atoms with Gasteiger partial charge >= 0.3 is 0 Å². The van der Waals surface area contributed by atoms with Crippen molar-refractivity contribution in [3.63, 3.8) is 0 Å². The number of aryl methyl sites for hydroxylation is 1. The van der Waals surface area contributed by atoms with Crippen LogP contribution in [-0.2, 0) is 6.54 Å². The van der Waals surface area contributed by atoms with E-state index in [-0.39, 0.29) is 6.04 Å². The molecule has 0 aliphatic rings. The third-order valence-corrected chi connectivity index (χ3v) is 3.65. The van der Waals surface area contributed by atoms with E-state index >= 15 is 0 Å². The van der Waals surface area contributed by atoms with Crippen LogP contribution in [0.5, 0.6) is 5.75 Å². The minimum atomic E-state index is 0.0149. The van der Waals surface area contributed by atoms with Crippen molar-refractivity contribution in [3.8, 4) is 5.75 Å². The van der Waals surface area contributed by atoms with E-state index < -0.39 is 0 Å². The van der Waals surface area contributed by atoms with E-state index in [1.807, 2.05) is 22.9 Å². The summed E-state index contributed by atoms with van der Waals surface area (Å²) in [4.78, 5) is 0. The van der Waals surface area contributed by atoms with E-state index in [1.54, 1.807) is 13.3 Å². The molecule has 0 fully saturated rings. The predicted molar refractivity (Wildman–Crippen MR) is 86.0 cm³/mol. The number of nitrogens with zero attached hydrogens (tertiary/aromatic N) is 2. The largest absolute Gasteiger partial charge is 0.493 e. The Labute approximate surface area is 131 Å². The lowest BCUT2D eigenvalue weighted by Gasteiger charge is -2.21. The number of methoxy groups -OCH3 is 1. The normalized spacial score (nSPS) is 12.4. The van der Waals surface area contributed by atoms with Gasteiger partial charge in [-0.2, -0.15) is 5.10 Å². The molecule has 0 spiro atoms. The Morgan fingerprint density at radius 2 is 2.19 bits per heavy atom. The highest BCUT2D eigenvalue weighted by atomic mass is 35.5. The maximum Gasteiger partial charge on any atom is 0.161 e. The van der Waals surface area contributed by atoms with Crippen LogP contribution in [0.3, 0.4) is 0 Å². The fourth-order valence-electron chi connectivity index (χ4n) is 2.43. The zero-order valence-corrected chi connectivity index (χ0v) is 13.5. The molecule has 0 saturated carbocycles. The summed E-state index contributed by atoms with van der Waals surface area (Å²) in [5.74, 6) is 0.797. The van der Waals surface area contributed by atoms with Crippen LogP contribution in [0.25, 0.3) is 0 Å². The maximum atomic E-state index is 6.15. The Kier molecular flexibility index (Phi) is 5.65. The van der Waals surface area contributed by atoms with Gasteiger partial charge in [-0.3, -0.25) is 4.68 Å². The second-order valence-corrected chi connectivity index (χ2v) is 5.29. The van der Waals surface area contributed by atoms with Gasteiger partial charge < -0.3 is 10.1 Å². The summed E-state index contributed by atoms with van der Waals surface area (Å²) in [6.45, 7) is 5.93. The first kappa shape index (κ1) is 15.9. The Morgan fingerprint density at radius 3 is 2.81 bits per heavy atom. The molecular weight excluding hydrogens is 286 g/mol. The van der Waals surface area contributed by atoms with Gasteiger partial charge in [-0.05, 0) is 37.6 Å². The molecule has 1 atom stereocenters. The van der Waals surface area contributed by atoms with Crippen molar-refractivity contribution in [2.75, 3.05) is 13.7 Å². The number of ether oxygens (including phenoxy) is 1. The van der Waals surface area contributed by atoms with Crippen molar-refractivity contribution in [3.05, 3.63) is 46.7 Å². The number of rotatable bonds is 7. The summed E-state index contributed by atoms with van der Waals surface area (Å²) in [6, 6.07) is 7.93. The fourth-order valence-corrected chi connectivity index (χ4v) is 2.62. The number of hydrogen-bond donors (Lipinski definition) is 1. The van der Waals surface area contributed by atoms with Gasteiger partial charge in [0.25, 0.3) is 0 Å². The lowest BCUT2D eigenvalue weighted by Crippen LogP contribution is -2.26. The highest BCUT2D eigenvalue weighted by Gasteiger charge is 2.22. The SMILES string of the molecule is CCCNC(c1cccc(Cl)c1)c1c(OC)cnn1CC. The van der Waals surface area contributed by atoms with Crippen LogP contribution in [-0.4, -0.2) is 23.4 Å². The molecule has 4 nitrogen and oxygen atoms in total. The first-order valence-corrected chi connectivity index (χ1v) is 7.67. The molecule has 1 aromatic carbocycles. The summed E-state index contributed by atoms with van der Waals surface area (Å²) < 4.78 is 7.45. The van der Waals surface area contributed by atoms with Crippen LogP contribution in [0.2, 0.25) is 5.02 Å². The van der Waals surface area contributed by atoms with Gasteiger partial charge in [-0.25, -0.2) is 0 Å². The van der Waals surface area contributed by atoms with Gasteiger partial charge in [0.1, 0.15) is 5.69 Å². The summed E-state index contributed by atoms with van der Waals surface area (Å²) in [6.07, 6.45) is 2.82. The Hall–Kier alpha value is -1.52. The summed E-state index contributed by atoms with van der Waals surface area (Å²) in [5, 5.41) is 8.70. The average Bonchev–Trinajstić information content (AvgIpc) is 2.91. The summed E-state index contributed by atoms with van der Waals surface area (Å²) in [7, 11) is 1.68. The number of hydrogen-bond acceptors (Lipinski definition) is 3. The van der Waals surface area contributed by atoms with Crippen molar-refractivity contribution < 1.29 is 4.74 Å². The maximum absolute atomic E-state index is 6.15. The smallest absolute Gasteiger partial charge is 0.161 e. The van der Waals surface area contributed by atoms with Crippen molar-refractivity contribution in [1.29, 1.82) is 0 Å². The molecule has 0 saturated heterocycles. The molecular formula is C16H22ClN3O. The second kappa shape index (κ2) is 7.48. The van der Waals surface area contributed by atoms with Crippen LogP contribution in [0.4, 0.5) is 0 Å². The quantitative estimate of drug-likeness (QED) is 0.848. The first-order chi connectivity index (χ1) is 10.2. The zero-order chi connectivity index (χ0) is 15.2. The fraction of sp³-hybridized carbons (Fsp3) is 0.438. The Balaban J connectivity index is 2.47. The minimum absolute atomic E-state index is 0.0149. The molecule has 2 rings (SSSR count). The number of benzene rings is 1. The van der Waals surface area contributed by atoms with Gasteiger partial charge in [0.15, 0.2) is 5.75 Å². The van der Waals surface area contributed by atoms with Gasteiger partial charge in [-0.15, -0.1) is 0 Å². The number of aromatic nitrogens is 2. The Bertz CT molecular complexity index is 561. The topological polar surface area (TPSA) is 39.1 Å². The molecule has 114 valence electrons. The summed E-state index contributed by atoms with van der Waals surface area (Å²) >= 11 is 6.15. The molecule has 0 aliphatic carbocycles. The van der Waals surface area contributed by atoms with E-state index in [0.29, 0.717) is 0 Å². The van der Waals surface area contributed by atoms with Crippen LogP contribution in [0.15, 0.2) is 30.5 Å². The van der Waals surface area contributed by atoms with Crippen LogP contribution >= 0.6 is 11.6 Å². The second-order valence-electron chi connectivity index (χ2n) is 4.86. The molecule has 0 aliphatic heterocycles. The van der Waals surface area contributed by atoms with Crippen molar-refractivity contribution in [2.45, 2.75) is 32.9 Å². The predicted octanol–water partition coefficient (Wildman–Crippen LogP) is 3.65. The van der Waals surface area contributed by atoms with E-state index in [4.69, 9.17) is 16.3 Å². The zero-order valence-electron chi connectivity index (χ0n) is 12.8. The summed E-state index contributed by atoms with van der Waals surface area (Å²) in [5.41, 5.74) is 2.15. The molecule has 0 bridgehead atoms. The van der Waals surface area contributed by atoms with E-state index in [0.717, 1.165) is 41.5 Å². The molecule has 0 amide bonds. The lowest BCUT2D eigenvalue weighted by atomic mass is 10.0. The van der Waals surface area contributed by atoms with Gasteiger partial charge in [-0.1, -0.05) is 30.7 Å². The standard InChI is InChI=1S/C16H22ClN3O/c1-4-9-18-15(12-7-6-8-13(17)10-12)16-14(21-3)11-19-20(16)5-2/h6-8,10-11,15,18H,4-5,9H2,1-3H3. The monoisotopic (exact) mass is 307 g/mol. The molecule has 5 heteroatoms.